The molecule has 0 aromatic heterocycles. The molecule has 1 aromatic carbocycles. The summed E-state index contributed by atoms with van der Waals surface area (Å²) in [6.45, 7) is 1.57. The molecule has 7 heteroatoms. The lowest BCUT2D eigenvalue weighted by atomic mass is 10.1. The van der Waals surface area contributed by atoms with Crippen molar-refractivity contribution in [2.75, 3.05) is 32.1 Å². The SMILES string of the molecule is O=C(CCCl)N1CCN(C(=O)c2c(F)cccc2Cl)CC1. The molecule has 0 unspecified atom stereocenters. The number of halogens is 3. The third-order valence-corrected chi connectivity index (χ3v) is 3.91. The largest absolute Gasteiger partial charge is 0.339 e. The number of rotatable bonds is 3. The van der Waals surface area contributed by atoms with E-state index in [0.717, 1.165) is 0 Å². The minimum absolute atomic E-state index is 0.0268. The lowest BCUT2D eigenvalue weighted by Gasteiger charge is -2.35. The topological polar surface area (TPSA) is 40.6 Å². The zero-order valence-electron chi connectivity index (χ0n) is 11.3. The van der Waals surface area contributed by atoms with Crippen molar-refractivity contribution >= 4 is 35.0 Å². The molecule has 4 nitrogen and oxygen atoms in total. The molecule has 1 aliphatic rings. The smallest absolute Gasteiger partial charge is 0.258 e. The van der Waals surface area contributed by atoms with E-state index in [1.165, 1.54) is 23.1 Å². The number of hydrogen-bond donors (Lipinski definition) is 0. The fourth-order valence-corrected chi connectivity index (χ4v) is 2.66. The minimum Gasteiger partial charge on any atom is -0.339 e. The number of carbonyl (C=O) groups excluding carboxylic acids is 2. The predicted octanol–water partition coefficient (Wildman–Crippen LogP) is 2.39. The Morgan fingerprint density at radius 1 is 1.14 bits per heavy atom. The van der Waals surface area contributed by atoms with E-state index in [-0.39, 0.29) is 28.8 Å². The van der Waals surface area contributed by atoms with Gasteiger partial charge in [0.1, 0.15) is 5.82 Å². The van der Waals surface area contributed by atoms with Gasteiger partial charge in [-0.1, -0.05) is 17.7 Å². The number of benzene rings is 1. The molecule has 0 bridgehead atoms. The second kappa shape index (κ2) is 7.09. The molecule has 0 spiro atoms. The third-order valence-electron chi connectivity index (χ3n) is 3.40. The monoisotopic (exact) mass is 332 g/mol. The van der Waals surface area contributed by atoms with Gasteiger partial charge in [0.2, 0.25) is 5.91 Å². The summed E-state index contributed by atoms with van der Waals surface area (Å²) in [6, 6.07) is 4.15. The third kappa shape index (κ3) is 3.66. The van der Waals surface area contributed by atoms with Gasteiger partial charge in [0.25, 0.3) is 5.91 Å². The van der Waals surface area contributed by atoms with Crippen LogP contribution in [-0.2, 0) is 4.79 Å². The highest BCUT2D eigenvalue weighted by molar-refractivity contribution is 6.33. The van der Waals surface area contributed by atoms with Crippen LogP contribution in [0.3, 0.4) is 0 Å². The molecule has 114 valence electrons. The Morgan fingerprint density at radius 3 is 2.33 bits per heavy atom. The van der Waals surface area contributed by atoms with E-state index in [0.29, 0.717) is 26.2 Å². The maximum Gasteiger partial charge on any atom is 0.258 e. The van der Waals surface area contributed by atoms with E-state index in [9.17, 15) is 14.0 Å². The Hall–Kier alpha value is -1.33. The van der Waals surface area contributed by atoms with Gasteiger partial charge >= 0.3 is 0 Å². The van der Waals surface area contributed by atoms with Crippen molar-refractivity contribution in [2.24, 2.45) is 0 Å². The number of alkyl halides is 1. The second-order valence-electron chi connectivity index (χ2n) is 4.71. The number of piperazine rings is 1. The van der Waals surface area contributed by atoms with Crippen molar-refractivity contribution in [3.63, 3.8) is 0 Å². The van der Waals surface area contributed by atoms with E-state index in [1.807, 2.05) is 0 Å². The fourth-order valence-electron chi connectivity index (χ4n) is 2.26. The summed E-state index contributed by atoms with van der Waals surface area (Å²) in [5.41, 5.74) is -0.111. The van der Waals surface area contributed by atoms with Crippen LogP contribution < -0.4 is 0 Å². The van der Waals surface area contributed by atoms with Crippen molar-refractivity contribution in [1.82, 2.24) is 9.80 Å². The molecule has 21 heavy (non-hydrogen) atoms. The van der Waals surface area contributed by atoms with Crippen molar-refractivity contribution in [3.8, 4) is 0 Å². The second-order valence-corrected chi connectivity index (χ2v) is 5.49. The molecule has 2 amide bonds. The summed E-state index contributed by atoms with van der Waals surface area (Å²) >= 11 is 11.4. The summed E-state index contributed by atoms with van der Waals surface area (Å²) in [6.07, 6.45) is 0.286. The fraction of sp³-hybridized carbons (Fsp3) is 0.429. The van der Waals surface area contributed by atoms with Gasteiger partial charge in [-0.25, -0.2) is 4.39 Å². The Bertz CT molecular complexity index is 526. The summed E-state index contributed by atoms with van der Waals surface area (Å²) < 4.78 is 13.8. The van der Waals surface area contributed by atoms with E-state index >= 15 is 0 Å². The number of amides is 2. The van der Waals surface area contributed by atoms with Crippen LogP contribution in [0, 0.1) is 5.82 Å². The van der Waals surface area contributed by atoms with Gasteiger partial charge in [-0.15, -0.1) is 11.6 Å². The van der Waals surface area contributed by atoms with E-state index in [1.54, 1.807) is 4.90 Å². The van der Waals surface area contributed by atoms with Crippen LogP contribution >= 0.6 is 23.2 Å². The van der Waals surface area contributed by atoms with Crippen LogP contribution in [0.5, 0.6) is 0 Å². The van der Waals surface area contributed by atoms with Crippen molar-refractivity contribution in [1.29, 1.82) is 0 Å². The van der Waals surface area contributed by atoms with Crippen LogP contribution in [0.1, 0.15) is 16.8 Å². The molecule has 0 N–H and O–H groups in total. The molecular weight excluding hydrogens is 318 g/mol. The molecular formula is C14H15Cl2FN2O2. The predicted molar refractivity (Wildman–Crippen MR) is 79.2 cm³/mol. The lowest BCUT2D eigenvalue weighted by molar-refractivity contribution is -0.132. The molecule has 2 rings (SSSR count). The maximum atomic E-state index is 13.8. The van der Waals surface area contributed by atoms with E-state index < -0.39 is 11.7 Å². The Morgan fingerprint density at radius 2 is 1.76 bits per heavy atom. The number of hydrogen-bond acceptors (Lipinski definition) is 2. The quantitative estimate of drug-likeness (QED) is 0.797. The van der Waals surface area contributed by atoms with Gasteiger partial charge in [0.05, 0.1) is 10.6 Å². The zero-order valence-corrected chi connectivity index (χ0v) is 12.8. The number of nitrogens with zero attached hydrogens (tertiary/aromatic N) is 2. The molecule has 1 aromatic rings. The Kier molecular flexibility index (Phi) is 5.42. The molecule has 0 aliphatic carbocycles. The van der Waals surface area contributed by atoms with Crippen LogP contribution in [0.15, 0.2) is 18.2 Å². The first-order valence-corrected chi connectivity index (χ1v) is 7.53. The zero-order chi connectivity index (χ0) is 15.4. The van der Waals surface area contributed by atoms with E-state index in [4.69, 9.17) is 23.2 Å². The van der Waals surface area contributed by atoms with Crippen LogP contribution in [0.2, 0.25) is 5.02 Å². The van der Waals surface area contributed by atoms with Gasteiger partial charge in [0.15, 0.2) is 0 Å². The summed E-state index contributed by atoms with van der Waals surface area (Å²) in [7, 11) is 0. The van der Waals surface area contributed by atoms with E-state index in [2.05, 4.69) is 0 Å². The first-order valence-electron chi connectivity index (χ1n) is 6.61. The van der Waals surface area contributed by atoms with Crippen molar-refractivity contribution in [2.45, 2.75) is 6.42 Å². The molecule has 1 heterocycles. The van der Waals surface area contributed by atoms with Gasteiger partial charge < -0.3 is 9.80 Å². The number of carbonyl (C=O) groups is 2. The Labute approximate surface area is 132 Å². The Balaban J connectivity index is 2.02. The normalized spacial score (nSPS) is 15.2. The van der Waals surface area contributed by atoms with Gasteiger partial charge in [-0.05, 0) is 12.1 Å². The molecule has 0 atom stereocenters. The molecule has 1 saturated heterocycles. The van der Waals surface area contributed by atoms with Crippen LogP contribution in [0.25, 0.3) is 0 Å². The molecule has 1 fully saturated rings. The van der Waals surface area contributed by atoms with Gasteiger partial charge in [-0.3, -0.25) is 9.59 Å². The molecule has 0 radical (unpaired) electrons. The molecule has 1 aliphatic heterocycles. The van der Waals surface area contributed by atoms with Gasteiger partial charge in [-0.2, -0.15) is 0 Å². The highest BCUT2D eigenvalue weighted by Gasteiger charge is 2.27. The van der Waals surface area contributed by atoms with Crippen LogP contribution in [0.4, 0.5) is 4.39 Å². The van der Waals surface area contributed by atoms with Crippen LogP contribution in [-0.4, -0.2) is 53.7 Å². The average molecular weight is 333 g/mol. The molecule has 0 saturated carbocycles. The summed E-state index contributed by atoms with van der Waals surface area (Å²) in [5.74, 6) is -0.820. The highest BCUT2D eigenvalue weighted by atomic mass is 35.5. The van der Waals surface area contributed by atoms with Crippen molar-refractivity contribution in [3.05, 3.63) is 34.6 Å². The van der Waals surface area contributed by atoms with Crippen molar-refractivity contribution < 1.29 is 14.0 Å². The summed E-state index contributed by atoms with van der Waals surface area (Å²) in [4.78, 5) is 27.2. The first kappa shape index (κ1) is 16.0. The first-order chi connectivity index (χ1) is 10.0. The maximum absolute atomic E-state index is 13.8. The highest BCUT2D eigenvalue weighted by Crippen LogP contribution is 2.21. The standard InChI is InChI=1S/C14H15Cl2FN2O2/c15-5-4-12(20)18-6-8-19(9-7-18)14(21)13-10(16)2-1-3-11(13)17/h1-3H,4-9H2. The average Bonchev–Trinajstić information content (AvgIpc) is 2.47. The van der Waals surface area contributed by atoms with Gasteiger partial charge in [0, 0.05) is 38.5 Å². The summed E-state index contributed by atoms with van der Waals surface area (Å²) in [5, 5.41) is 0.0978. The minimum atomic E-state index is -0.631. The lowest BCUT2D eigenvalue weighted by Crippen LogP contribution is -2.50.